The van der Waals surface area contributed by atoms with Gasteiger partial charge in [-0.15, -0.1) is 0 Å². The van der Waals surface area contributed by atoms with Crippen LogP contribution in [0.25, 0.3) is 0 Å². The molecule has 1 saturated heterocycles. The lowest BCUT2D eigenvalue weighted by atomic mass is 10.2. The van der Waals surface area contributed by atoms with E-state index in [0.717, 1.165) is 25.2 Å². The Morgan fingerprint density at radius 3 is 2.56 bits per heavy atom. The van der Waals surface area contributed by atoms with Gasteiger partial charge in [-0.05, 0) is 42.1 Å². The van der Waals surface area contributed by atoms with E-state index in [1.807, 2.05) is 0 Å². The fourth-order valence-corrected chi connectivity index (χ4v) is 3.13. The standard InChI is InChI=1S/C13H23BrN4/c1-3-11-13(14)12(18(4-2)16-11)10-15-17-8-6-5-7-9-17/h15H,3-10H2,1-2H3. The van der Waals surface area contributed by atoms with Crippen molar-refractivity contribution in [1.82, 2.24) is 20.2 Å². The highest BCUT2D eigenvalue weighted by Crippen LogP contribution is 2.22. The van der Waals surface area contributed by atoms with Crippen LogP contribution < -0.4 is 5.43 Å². The lowest BCUT2D eigenvalue weighted by Crippen LogP contribution is -2.41. The van der Waals surface area contributed by atoms with E-state index in [1.165, 1.54) is 42.5 Å². The Balaban J connectivity index is 2.01. The lowest BCUT2D eigenvalue weighted by molar-refractivity contribution is 0.149. The molecule has 4 nitrogen and oxygen atoms in total. The van der Waals surface area contributed by atoms with Crippen molar-refractivity contribution in [2.75, 3.05) is 13.1 Å². The van der Waals surface area contributed by atoms with E-state index in [4.69, 9.17) is 0 Å². The zero-order valence-electron chi connectivity index (χ0n) is 11.4. The summed E-state index contributed by atoms with van der Waals surface area (Å²) in [6.07, 6.45) is 4.96. The second kappa shape index (κ2) is 6.68. The second-order valence-electron chi connectivity index (χ2n) is 4.76. The molecule has 2 heterocycles. The van der Waals surface area contributed by atoms with Crippen molar-refractivity contribution in [2.45, 2.75) is 52.6 Å². The first-order valence-electron chi connectivity index (χ1n) is 6.98. The molecular formula is C13H23BrN4. The van der Waals surface area contributed by atoms with Gasteiger partial charge in [-0.3, -0.25) is 4.68 Å². The van der Waals surface area contributed by atoms with E-state index in [-0.39, 0.29) is 0 Å². The van der Waals surface area contributed by atoms with E-state index < -0.39 is 0 Å². The number of hydrogen-bond acceptors (Lipinski definition) is 3. The minimum atomic E-state index is 0.863. The first-order valence-corrected chi connectivity index (χ1v) is 7.78. The van der Waals surface area contributed by atoms with Gasteiger partial charge in [0.25, 0.3) is 0 Å². The Morgan fingerprint density at radius 2 is 1.94 bits per heavy atom. The summed E-state index contributed by atoms with van der Waals surface area (Å²) in [5, 5.41) is 6.96. The topological polar surface area (TPSA) is 33.1 Å². The highest BCUT2D eigenvalue weighted by Gasteiger charge is 2.15. The summed E-state index contributed by atoms with van der Waals surface area (Å²) in [6.45, 7) is 8.41. The zero-order chi connectivity index (χ0) is 13.0. The van der Waals surface area contributed by atoms with Crippen LogP contribution in [-0.2, 0) is 19.5 Å². The molecule has 2 rings (SSSR count). The highest BCUT2D eigenvalue weighted by molar-refractivity contribution is 9.10. The molecule has 0 atom stereocenters. The maximum atomic E-state index is 4.62. The number of nitrogens with zero attached hydrogens (tertiary/aromatic N) is 3. The van der Waals surface area contributed by atoms with Gasteiger partial charge in [0.15, 0.2) is 0 Å². The third kappa shape index (κ3) is 3.13. The number of aryl methyl sites for hydroxylation is 2. The Morgan fingerprint density at radius 1 is 1.22 bits per heavy atom. The average Bonchev–Trinajstić information content (AvgIpc) is 2.73. The number of hydrazine groups is 1. The molecule has 1 aliphatic rings. The fraction of sp³-hybridized carbons (Fsp3) is 0.769. The van der Waals surface area contributed by atoms with Crippen LogP contribution in [0, 0.1) is 0 Å². The van der Waals surface area contributed by atoms with Crippen molar-refractivity contribution in [3.05, 3.63) is 15.9 Å². The molecule has 0 spiro atoms. The first kappa shape index (κ1) is 14.0. The maximum Gasteiger partial charge on any atom is 0.0767 e. The Hall–Kier alpha value is -0.390. The summed E-state index contributed by atoms with van der Waals surface area (Å²) in [7, 11) is 0. The van der Waals surface area contributed by atoms with Crippen LogP contribution in [-0.4, -0.2) is 27.9 Å². The van der Waals surface area contributed by atoms with Crippen molar-refractivity contribution < 1.29 is 0 Å². The molecule has 102 valence electrons. The average molecular weight is 315 g/mol. The molecule has 1 aromatic heterocycles. The Bertz CT molecular complexity index is 383. The van der Waals surface area contributed by atoms with Crippen LogP contribution in [0.2, 0.25) is 0 Å². The molecule has 0 amide bonds. The van der Waals surface area contributed by atoms with Gasteiger partial charge < -0.3 is 0 Å². The minimum Gasteiger partial charge on any atom is -0.267 e. The van der Waals surface area contributed by atoms with E-state index in [1.54, 1.807) is 0 Å². The number of hydrogen-bond donors (Lipinski definition) is 1. The van der Waals surface area contributed by atoms with Crippen LogP contribution in [0.1, 0.15) is 44.5 Å². The maximum absolute atomic E-state index is 4.62. The largest absolute Gasteiger partial charge is 0.267 e. The summed E-state index contributed by atoms with van der Waals surface area (Å²) in [4.78, 5) is 0. The van der Waals surface area contributed by atoms with Crippen molar-refractivity contribution >= 4 is 15.9 Å². The molecular weight excluding hydrogens is 292 g/mol. The Kier molecular flexibility index (Phi) is 5.21. The van der Waals surface area contributed by atoms with Crippen molar-refractivity contribution in [3.8, 4) is 0 Å². The third-order valence-corrected chi connectivity index (χ3v) is 4.44. The molecule has 1 fully saturated rings. The summed E-state index contributed by atoms with van der Waals surface area (Å²) >= 11 is 3.69. The van der Waals surface area contributed by atoms with E-state index in [0.29, 0.717) is 0 Å². The number of piperidine rings is 1. The SMILES string of the molecule is CCc1nn(CC)c(CNN2CCCCC2)c1Br. The summed E-state index contributed by atoms with van der Waals surface area (Å²) in [5.74, 6) is 0. The minimum absolute atomic E-state index is 0.863. The Labute approximate surface area is 118 Å². The molecule has 18 heavy (non-hydrogen) atoms. The third-order valence-electron chi connectivity index (χ3n) is 3.52. The molecule has 1 N–H and O–H groups in total. The van der Waals surface area contributed by atoms with Crippen LogP contribution in [0.5, 0.6) is 0 Å². The van der Waals surface area contributed by atoms with Crippen LogP contribution in [0.4, 0.5) is 0 Å². The quantitative estimate of drug-likeness (QED) is 0.907. The normalized spacial score (nSPS) is 17.3. The molecule has 0 radical (unpaired) electrons. The predicted molar refractivity (Wildman–Crippen MR) is 77.2 cm³/mol. The molecule has 0 unspecified atom stereocenters. The molecule has 0 aromatic carbocycles. The second-order valence-corrected chi connectivity index (χ2v) is 5.55. The van der Waals surface area contributed by atoms with Crippen molar-refractivity contribution in [1.29, 1.82) is 0 Å². The highest BCUT2D eigenvalue weighted by atomic mass is 79.9. The van der Waals surface area contributed by atoms with Gasteiger partial charge in [0.2, 0.25) is 0 Å². The number of aromatic nitrogens is 2. The van der Waals surface area contributed by atoms with Crippen LogP contribution >= 0.6 is 15.9 Å². The van der Waals surface area contributed by atoms with E-state index in [9.17, 15) is 0 Å². The molecule has 5 heteroatoms. The van der Waals surface area contributed by atoms with Crippen molar-refractivity contribution in [3.63, 3.8) is 0 Å². The fourth-order valence-electron chi connectivity index (χ4n) is 2.42. The van der Waals surface area contributed by atoms with E-state index in [2.05, 4.69) is 50.0 Å². The molecule has 1 aliphatic heterocycles. The molecule has 0 aliphatic carbocycles. The number of rotatable bonds is 5. The van der Waals surface area contributed by atoms with Gasteiger partial charge >= 0.3 is 0 Å². The van der Waals surface area contributed by atoms with Gasteiger partial charge in [0.05, 0.1) is 22.4 Å². The zero-order valence-corrected chi connectivity index (χ0v) is 13.0. The molecule has 0 bridgehead atoms. The first-order chi connectivity index (χ1) is 8.76. The summed E-state index contributed by atoms with van der Waals surface area (Å²) in [6, 6.07) is 0. The smallest absolute Gasteiger partial charge is 0.0767 e. The van der Waals surface area contributed by atoms with Gasteiger partial charge in [-0.1, -0.05) is 13.3 Å². The summed E-state index contributed by atoms with van der Waals surface area (Å²) in [5.41, 5.74) is 5.96. The monoisotopic (exact) mass is 314 g/mol. The molecule has 1 aromatic rings. The van der Waals surface area contributed by atoms with E-state index >= 15 is 0 Å². The molecule has 0 saturated carbocycles. The van der Waals surface area contributed by atoms with Gasteiger partial charge in [0, 0.05) is 19.6 Å². The van der Waals surface area contributed by atoms with Gasteiger partial charge in [-0.25, -0.2) is 10.4 Å². The van der Waals surface area contributed by atoms with Crippen molar-refractivity contribution in [2.24, 2.45) is 0 Å². The van der Waals surface area contributed by atoms with Gasteiger partial charge in [-0.2, -0.15) is 5.10 Å². The number of halogens is 1. The lowest BCUT2D eigenvalue weighted by Gasteiger charge is -2.27. The van der Waals surface area contributed by atoms with Crippen LogP contribution in [0.15, 0.2) is 4.47 Å². The number of nitrogens with one attached hydrogen (secondary N) is 1. The predicted octanol–water partition coefficient (Wildman–Crippen LogP) is 2.72. The summed E-state index contributed by atoms with van der Waals surface area (Å²) < 4.78 is 3.27. The van der Waals surface area contributed by atoms with Gasteiger partial charge in [0.1, 0.15) is 0 Å². The van der Waals surface area contributed by atoms with Crippen LogP contribution in [0.3, 0.4) is 0 Å².